The molecule has 1 fully saturated rings. The Bertz CT molecular complexity index is 939. The van der Waals surface area contributed by atoms with Gasteiger partial charge in [-0.25, -0.2) is 4.98 Å². The summed E-state index contributed by atoms with van der Waals surface area (Å²) in [5.41, 5.74) is 0.948. The lowest BCUT2D eigenvalue weighted by atomic mass is 10.2. The third-order valence-electron chi connectivity index (χ3n) is 4.81. The number of anilines is 3. The number of pyridine rings is 1. The fraction of sp³-hybridized carbons (Fsp3) is 0.238. The standard InChI is InChI=1S/C21H22N6O2/c1-29-17-7-5-16(6-8-17)23-21(28)18-9-10-20(25-24-18)27-14-12-26(13-15-27)19-4-2-3-11-22-19/h2-11H,12-15H2,1H3,(H,23,28). The Balaban J connectivity index is 1.34. The number of carbonyl (C=O) groups is 1. The number of aromatic nitrogens is 3. The molecule has 1 aromatic carbocycles. The molecule has 8 nitrogen and oxygen atoms in total. The quantitative estimate of drug-likeness (QED) is 0.716. The van der Waals surface area contributed by atoms with E-state index in [0.29, 0.717) is 5.69 Å². The first-order chi connectivity index (χ1) is 14.2. The number of ether oxygens (including phenoxy) is 1. The molecule has 1 aliphatic rings. The first-order valence-corrected chi connectivity index (χ1v) is 9.43. The minimum atomic E-state index is -0.297. The van der Waals surface area contributed by atoms with Gasteiger partial charge in [-0.05, 0) is 48.5 Å². The average molecular weight is 390 g/mol. The molecule has 0 unspecified atom stereocenters. The van der Waals surface area contributed by atoms with Crippen LogP contribution in [-0.2, 0) is 0 Å². The predicted molar refractivity (Wildman–Crippen MR) is 112 cm³/mol. The molecule has 1 aliphatic heterocycles. The van der Waals surface area contributed by atoms with Crippen LogP contribution in [0.2, 0.25) is 0 Å². The molecular formula is C21H22N6O2. The lowest BCUT2D eigenvalue weighted by molar-refractivity contribution is 0.102. The van der Waals surface area contributed by atoms with Crippen LogP contribution in [0.5, 0.6) is 5.75 Å². The number of methoxy groups -OCH3 is 1. The van der Waals surface area contributed by atoms with Crippen LogP contribution in [0.25, 0.3) is 0 Å². The normalized spacial score (nSPS) is 13.8. The zero-order valence-corrected chi connectivity index (χ0v) is 16.2. The van der Waals surface area contributed by atoms with E-state index in [0.717, 1.165) is 43.6 Å². The maximum atomic E-state index is 12.4. The van der Waals surface area contributed by atoms with E-state index in [4.69, 9.17) is 4.74 Å². The molecule has 0 saturated carbocycles. The highest BCUT2D eigenvalue weighted by Gasteiger charge is 2.19. The Labute approximate surface area is 169 Å². The van der Waals surface area contributed by atoms with Gasteiger partial charge in [-0.2, -0.15) is 0 Å². The minimum Gasteiger partial charge on any atom is -0.497 e. The maximum absolute atomic E-state index is 12.4. The van der Waals surface area contributed by atoms with E-state index in [-0.39, 0.29) is 11.6 Å². The van der Waals surface area contributed by atoms with E-state index in [1.807, 2.05) is 30.5 Å². The molecular weight excluding hydrogens is 368 g/mol. The molecule has 0 aliphatic carbocycles. The molecule has 1 saturated heterocycles. The smallest absolute Gasteiger partial charge is 0.276 e. The Morgan fingerprint density at radius 2 is 1.62 bits per heavy atom. The molecule has 2 aromatic heterocycles. The lowest BCUT2D eigenvalue weighted by Gasteiger charge is -2.35. The highest BCUT2D eigenvalue weighted by atomic mass is 16.5. The molecule has 0 spiro atoms. The van der Waals surface area contributed by atoms with Crippen molar-refractivity contribution in [2.24, 2.45) is 0 Å². The minimum absolute atomic E-state index is 0.275. The fourth-order valence-corrected chi connectivity index (χ4v) is 3.19. The zero-order valence-electron chi connectivity index (χ0n) is 16.2. The van der Waals surface area contributed by atoms with E-state index in [9.17, 15) is 4.79 Å². The summed E-state index contributed by atoms with van der Waals surface area (Å²) in [6.45, 7) is 3.36. The van der Waals surface area contributed by atoms with E-state index in [1.165, 1.54) is 0 Å². The number of nitrogens with zero attached hydrogens (tertiary/aromatic N) is 5. The van der Waals surface area contributed by atoms with Crippen molar-refractivity contribution in [1.29, 1.82) is 0 Å². The van der Waals surface area contributed by atoms with Crippen LogP contribution in [0, 0.1) is 0 Å². The molecule has 0 atom stereocenters. The van der Waals surface area contributed by atoms with Crippen molar-refractivity contribution in [2.75, 3.05) is 48.4 Å². The number of hydrogen-bond donors (Lipinski definition) is 1. The van der Waals surface area contributed by atoms with Crippen molar-refractivity contribution in [2.45, 2.75) is 0 Å². The van der Waals surface area contributed by atoms with Gasteiger partial charge in [0, 0.05) is 38.1 Å². The second kappa shape index (κ2) is 8.55. The van der Waals surface area contributed by atoms with Crippen molar-refractivity contribution in [3.8, 4) is 5.75 Å². The molecule has 8 heteroatoms. The zero-order chi connectivity index (χ0) is 20.1. The third-order valence-corrected chi connectivity index (χ3v) is 4.81. The van der Waals surface area contributed by atoms with Crippen LogP contribution in [0.4, 0.5) is 17.3 Å². The second-order valence-electron chi connectivity index (χ2n) is 6.62. The van der Waals surface area contributed by atoms with Gasteiger partial charge >= 0.3 is 0 Å². The summed E-state index contributed by atoms with van der Waals surface area (Å²) in [7, 11) is 1.60. The van der Waals surface area contributed by atoms with Gasteiger partial charge in [-0.1, -0.05) is 6.07 Å². The SMILES string of the molecule is COc1ccc(NC(=O)c2ccc(N3CCN(c4ccccn4)CC3)nn2)cc1. The lowest BCUT2D eigenvalue weighted by Crippen LogP contribution is -2.47. The summed E-state index contributed by atoms with van der Waals surface area (Å²) >= 11 is 0. The Morgan fingerprint density at radius 1 is 0.897 bits per heavy atom. The molecule has 1 amide bonds. The van der Waals surface area contributed by atoms with Gasteiger partial charge in [0.05, 0.1) is 7.11 Å². The van der Waals surface area contributed by atoms with E-state index in [2.05, 4.69) is 30.3 Å². The maximum Gasteiger partial charge on any atom is 0.276 e. The predicted octanol–water partition coefficient (Wildman–Crippen LogP) is 2.46. The number of rotatable bonds is 5. The third kappa shape index (κ3) is 4.43. The van der Waals surface area contributed by atoms with Crippen LogP contribution >= 0.6 is 0 Å². The van der Waals surface area contributed by atoms with E-state index in [1.54, 1.807) is 37.4 Å². The van der Waals surface area contributed by atoms with Crippen molar-refractivity contribution in [3.63, 3.8) is 0 Å². The van der Waals surface area contributed by atoms with Gasteiger partial charge in [0.1, 0.15) is 11.6 Å². The van der Waals surface area contributed by atoms with Crippen LogP contribution in [0.3, 0.4) is 0 Å². The van der Waals surface area contributed by atoms with E-state index >= 15 is 0 Å². The second-order valence-corrected chi connectivity index (χ2v) is 6.62. The van der Waals surface area contributed by atoms with E-state index < -0.39 is 0 Å². The highest BCUT2D eigenvalue weighted by Crippen LogP contribution is 2.18. The molecule has 29 heavy (non-hydrogen) atoms. The first kappa shape index (κ1) is 18.7. The van der Waals surface area contributed by atoms with Crippen LogP contribution in [0.1, 0.15) is 10.5 Å². The van der Waals surface area contributed by atoms with Crippen molar-refractivity contribution in [1.82, 2.24) is 15.2 Å². The molecule has 4 rings (SSSR count). The Kier molecular flexibility index (Phi) is 5.51. The Hall–Kier alpha value is -3.68. The van der Waals surface area contributed by atoms with Crippen molar-refractivity contribution >= 4 is 23.2 Å². The van der Waals surface area contributed by atoms with Gasteiger partial charge in [-0.15, -0.1) is 10.2 Å². The molecule has 148 valence electrons. The largest absolute Gasteiger partial charge is 0.497 e. The summed E-state index contributed by atoms with van der Waals surface area (Å²) in [4.78, 5) is 21.2. The van der Waals surface area contributed by atoms with Crippen LogP contribution < -0.4 is 19.9 Å². The summed E-state index contributed by atoms with van der Waals surface area (Å²) < 4.78 is 5.12. The highest BCUT2D eigenvalue weighted by molar-refractivity contribution is 6.02. The Morgan fingerprint density at radius 3 is 2.21 bits per heavy atom. The van der Waals surface area contributed by atoms with Gasteiger partial charge in [0.25, 0.3) is 5.91 Å². The van der Waals surface area contributed by atoms with Crippen LogP contribution in [0.15, 0.2) is 60.8 Å². The monoisotopic (exact) mass is 390 g/mol. The van der Waals surface area contributed by atoms with Crippen molar-refractivity contribution in [3.05, 3.63) is 66.5 Å². The molecule has 1 N–H and O–H groups in total. The molecule has 0 radical (unpaired) electrons. The summed E-state index contributed by atoms with van der Waals surface area (Å²) in [5.74, 6) is 2.19. The average Bonchev–Trinajstić information content (AvgIpc) is 2.80. The summed E-state index contributed by atoms with van der Waals surface area (Å²) in [6.07, 6.45) is 1.81. The van der Waals surface area contributed by atoms with Gasteiger partial charge < -0.3 is 19.9 Å². The van der Waals surface area contributed by atoms with Crippen molar-refractivity contribution < 1.29 is 9.53 Å². The van der Waals surface area contributed by atoms with Gasteiger partial charge in [-0.3, -0.25) is 4.79 Å². The number of hydrogen-bond acceptors (Lipinski definition) is 7. The fourth-order valence-electron chi connectivity index (χ4n) is 3.19. The number of amides is 1. The summed E-state index contributed by atoms with van der Waals surface area (Å²) in [5, 5.41) is 11.2. The number of piperazine rings is 1. The molecule has 0 bridgehead atoms. The topological polar surface area (TPSA) is 83.5 Å². The number of benzene rings is 1. The van der Waals surface area contributed by atoms with Gasteiger partial charge in [0.2, 0.25) is 0 Å². The van der Waals surface area contributed by atoms with Crippen LogP contribution in [-0.4, -0.2) is 54.4 Å². The van der Waals surface area contributed by atoms with Gasteiger partial charge in [0.15, 0.2) is 11.5 Å². The summed E-state index contributed by atoms with van der Waals surface area (Å²) in [6, 6.07) is 16.6. The number of carbonyl (C=O) groups excluding carboxylic acids is 1. The number of nitrogens with one attached hydrogen (secondary N) is 1. The molecule has 3 heterocycles. The first-order valence-electron chi connectivity index (χ1n) is 9.43. The molecule has 3 aromatic rings.